The van der Waals surface area contributed by atoms with Gasteiger partial charge in [0.2, 0.25) is 0 Å². The molecular formula is C13H25N3O3. The molecule has 19 heavy (non-hydrogen) atoms. The molecule has 1 saturated heterocycles. The molecule has 0 saturated carbocycles. The molecule has 0 bridgehead atoms. The number of likely N-dealkylation sites (N-methyl/N-ethyl adjacent to an activating group) is 1. The topological polar surface area (TPSA) is 72.9 Å². The number of urea groups is 1. The molecule has 1 rings (SSSR count). The zero-order chi connectivity index (χ0) is 14.6. The molecular weight excluding hydrogens is 246 g/mol. The number of amides is 2. The van der Waals surface area contributed by atoms with Crippen molar-refractivity contribution in [2.75, 3.05) is 40.3 Å². The molecule has 1 atom stereocenters. The van der Waals surface area contributed by atoms with Crippen LogP contribution in [-0.2, 0) is 4.79 Å². The molecule has 0 radical (unpaired) electrons. The Hall–Kier alpha value is -1.30. The van der Waals surface area contributed by atoms with Crippen molar-refractivity contribution in [3.05, 3.63) is 0 Å². The van der Waals surface area contributed by atoms with E-state index in [1.165, 1.54) is 0 Å². The van der Waals surface area contributed by atoms with Gasteiger partial charge in [-0.25, -0.2) is 4.79 Å². The van der Waals surface area contributed by atoms with Gasteiger partial charge in [-0.2, -0.15) is 0 Å². The summed E-state index contributed by atoms with van der Waals surface area (Å²) < 4.78 is 0. The fourth-order valence-corrected chi connectivity index (χ4v) is 2.40. The maximum atomic E-state index is 12.0. The summed E-state index contributed by atoms with van der Waals surface area (Å²) in [7, 11) is 3.88. The van der Waals surface area contributed by atoms with Crippen LogP contribution in [0.25, 0.3) is 0 Å². The van der Waals surface area contributed by atoms with Crippen molar-refractivity contribution in [1.29, 1.82) is 0 Å². The second-order valence-corrected chi connectivity index (χ2v) is 5.82. The standard InChI is InChI=1S/C13H25N3O3/c1-10(2)13(11(17)18)5-7-16(9-13)12(19)14-6-8-15(3)4/h10H,5-9H2,1-4H3,(H,14,19)(H,17,18). The van der Waals surface area contributed by atoms with E-state index in [1.807, 2.05) is 32.8 Å². The van der Waals surface area contributed by atoms with Crippen LogP contribution in [-0.4, -0.2) is 67.2 Å². The summed E-state index contributed by atoms with van der Waals surface area (Å²) >= 11 is 0. The number of aliphatic carboxylic acids is 1. The quantitative estimate of drug-likeness (QED) is 0.771. The van der Waals surface area contributed by atoms with Crippen LogP contribution in [0.15, 0.2) is 0 Å². The van der Waals surface area contributed by atoms with E-state index in [0.717, 1.165) is 6.54 Å². The minimum Gasteiger partial charge on any atom is -0.481 e. The molecule has 0 aromatic carbocycles. The number of likely N-dealkylation sites (tertiary alicyclic amines) is 1. The van der Waals surface area contributed by atoms with Crippen molar-refractivity contribution in [2.45, 2.75) is 20.3 Å². The minimum absolute atomic E-state index is 0.0181. The highest BCUT2D eigenvalue weighted by molar-refractivity contribution is 5.80. The van der Waals surface area contributed by atoms with Crippen molar-refractivity contribution >= 4 is 12.0 Å². The first-order chi connectivity index (χ1) is 8.79. The number of hydrogen-bond acceptors (Lipinski definition) is 3. The van der Waals surface area contributed by atoms with E-state index in [1.54, 1.807) is 4.90 Å². The largest absolute Gasteiger partial charge is 0.481 e. The zero-order valence-electron chi connectivity index (χ0n) is 12.3. The number of carbonyl (C=O) groups excluding carboxylic acids is 1. The van der Waals surface area contributed by atoms with Gasteiger partial charge in [-0.1, -0.05) is 13.8 Å². The maximum Gasteiger partial charge on any atom is 0.317 e. The molecule has 1 aliphatic heterocycles. The molecule has 2 N–H and O–H groups in total. The van der Waals surface area contributed by atoms with E-state index < -0.39 is 11.4 Å². The van der Waals surface area contributed by atoms with Crippen molar-refractivity contribution < 1.29 is 14.7 Å². The first-order valence-corrected chi connectivity index (χ1v) is 6.70. The first-order valence-electron chi connectivity index (χ1n) is 6.70. The van der Waals surface area contributed by atoms with Crippen LogP contribution < -0.4 is 5.32 Å². The molecule has 0 aliphatic carbocycles. The predicted octanol–water partition coefficient (Wildman–Crippen LogP) is 0.690. The Morgan fingerprint density at radius 1 is 1.42 bits per heavy atom. The lowest BCUT2D eigenvalue weighted by Gasteiger charge is -2.28. The molecule has 6 nitrogen and oxygen atoms in total. The number of rotatable bonds is 5. The number of carboxylic acid groups (broad SMARTS) is 1. The third-order valence-electron chi connectivity index (χ3n) is 3.95. The summed E-state index contributed by atoms with van der Waals surface area (Å²) in [4.78, 5) is 27.0. The van der Waals surface area contributed by atoms with Gasteiger partial charge in [0.25, 0.3) is 0 Å². The Morgan fingerprint density at radius 2 is 2.05 bits per heavy atom. The minimum atomic E-state index is -0.800. The molecule has 1 fully saturated rings. The van der Waals surface area contributed by atoms with Gasteiger partial charge >= 0.3 is 12.0 Å². The lowest BCUT2D eigenvalue weighted by atomic mass is 9.76. The summed E-state index contributed by atoms with van der Waals surface area (Å²) in [5.41, 5.74) is -0.793. The molecule has 0 spiro atoms. The van der Waals surface area contributed by atoms with Crippen molar-refractivity contribution in [2.24, 2.45) is 11.3 Å². The van der Waals surface area contributed by atoms with Crippen molar-refractivity contribution in [1.82, 2.24) is 15.1 Å². The molecule has 6 heteroatoms. The van der Waals surface area contributed by atoms with Crippen LogP contribution in [0.2, 0.25) is 0 Å². The Labute approximate surface area is 114 Å². The summed E-state index contributed by atoms with van der Waals surface area (Å²) in [5.74, 6) is -0.782. The third-order valence-corrected chi connectivity index (χ3v) is 3.95. The molecule has 110 valence electrons. The summed E-state index contributed by atoms with van der Waals surface area (Å²) in [5, 5.41) is 12.2. The fourth-order valence-electron chi connectivity index (χ4n) is 2.40. The zero-order valence-corrected chi connectivity index (χ0v) is 12.3. The van der Waals surface area contributed by atoms with Gasteiger partial charge in [0.1, 0.15) is 0 Å². The highest BCUT2D eigenvalue weighted by Gasteiger charge is 2.48. The van der Waals surface area contributed by atoms with Crippen LogP contribution in [0.1, 0.15) is 20.3 Å². The number of hydrogen-bond donors (Lipinski definition) is 2. The maximum absolute atomic E-state index is 12.0. The third kappa shape index (κ3) is 3.59. The molecule has 0 aromatic rings. The van der Waals surface area contributed by atoms with Crippen LogP contribution in [0.5, 0.6) is 0 Å². The van der Waals surface area contributed by atoms with Gasteiger partial charge in [0, 0.05) is 26.2 Å². The molecule has 1 unspecified atom stereocenters. The van der Waals surface area contributed by atoms with Gasteiger partial charge in [-0.05, 0) is 26.4 Å². The summed E-state index contributed by atoms with van der Waals surface area (Å²) in [6.45, 7) is 5.97. The normalized spacial score (nSPS) is 23.2. The Morgan fingerprint density at radius 3 is 2.47 bits per heavy atom. The second-order valence-electron chi connectivity index (χ2n) is 5.82. The van der Waals surface area contributed by atoms with E-state index in [9.17, 15) is 14.7 Å². The highest BCUT2D eigenvalue weighted by atomic mass is 16.4. The van der Waals surface area contributed by atoms with Gasteiger partial charge in [-0.15, -0.1) is 0 Å². The van der Waals surface area contributed by atoms with E-state index in [-0.39, 0.29) is 11.9 Å². The van der Waals surface area contributed by atoms with E-state index in [4.69, 9.17) is 0 Å². The predicted molar refractivity (Wildman–Crippen MR) is 73.0 cm³/mol. The lowest BCUT2D eigenvalue weighted by Crippen LogP contribution is -2.44. The smallest absolute Gasteiger partial charge is 0.317 e. The lowest BCUT2D eigenvalue weighted by molar-refractivity contribution is -0.150. The first kappa shape index (κ1) is 15.8. The Balaban J connectivity index is 2.55. The van der Waals surface area contributed by atoms with Crippen LogP contribution in [0.3, 0.4) is 0 Å². The van der Waals surface area contributed by atoms with Crippen LogP contribution >= 0.6 is 0 Å². The average Bonchev–Trinajstić information content (AvgIpc) is 2.74. The number of nitrogens with zero attached hydrogens (tertiary/aromatic N) is 2. The highest BCUT2D eigenvalue weighted by Crippen LogP contribution is 2.38. The SMILES string of the molecule is CC(C)C1(C(=O)O)CCN(C(=O)NCCN(C)C)C1. The molecule has 1 aliphatic rings. The number of carbonyl (C=O) groups is 2. The van der Waals surface area contributed by atoms with Crippen molar-refractivity contribution in [3.8, 4) is 0 Å². The van der Waals surface area contributed by atoms with E-state index in [0.29, 0.717) is 26.1 Å². The monoisotopic (exact) mass is 271 g/mol. The molecule has 0 aromatic heterocycles. The van der Waals surface area contributed by atoms with Crippen molar-refractivity contribution in [3.63, 3.8) is 0 Å². The van der Waals surface area contributed by atoms with Gasteiger partial charge in [0.05, 0.1) is 5.41 Å². The molecule has 2 amide bonds. The Kier molecular flexibility index (Phi) is 5.17. The van der Waals surface area contributed by atoms with E-state index >= 15 is 0 Å². The fraction of sp³-hybridized carbons (Fsp3) is 0.846. The molecule has 1 heterocycles. The second kappa shape index (κ2) is 6.23. The number of nitrogens with one attached hydrogen (secondary N) is 1. The average molecular weight is 271 g/mol. The Bertz CT molecular complexity index is 344. The van der Waals surface area contributed by atoms with Gasteiger partial charge in [0.15, 0.2) is 0 Å². The summed E-state index contributed by atoms with van der Waals surface area (Å²) in [6, 6.07) is -0.161. The van der Waals surface area contributed by atoms with Gasteiger partial charge < -0.3 is 20.2 Å². The van der Waals surface area contributed by atoms with Crippen LogP contribution in [0, 0.1) is 11.3 Å². The van der Waals surface area contributed by atoms with E-state index in [2.05, 4.69) is 5.32 Å². The van der Waals surface area contributed by atoms with Crippen LogP contribution in [0.4, 0.5) is 4.79 Å². The summed E-state index contributed by atoms with van der Waals surface area (Å²) in [6.07, 6.45) is 0.529. The van der Waals surface area contributed by atoms with Gasteiger partial charge in [-0.3, -0.25) is 4.79 Å². The number of carboxylic acids is 1.